The Labute approximate surface area is 103 Å². The number of rotatable bonds is 5. The smallest absolute Gasteiger partial charge is 0.254 e. The van der Waals surface area contributed by atoms with E-state index in [2.05, 4.69) is 26.2 Å². The van der Waals surface area contributed by atoms with Crippen molar-refractivity contribution in [2.24, 2.45) is 0 Å². The van der Waals surface area contributed by atoms with Gasteiger partial charge >= 0.3 is 0 Å². The SMILES string of the molecule is CC(Br)CCCNC(=O)c1ccncc1F. The molecule has 0 saturated carbocycles. The fraction of sp³-hybridized carbons (Fsp3) is 0.455. The highest BCUT2D eigenvalue weighted by atomic mass is 79.9. The third-order valence-electron chi connectivity index (χ3n) is 2.08. The van der Waals surface area contributed by atoms with Crippen molar-refractivity contribution in [3.05, 3.63) is 29.8 Å². The summed E-state index contributed by atoms with van der Waals surface area (Å²) in [6.07, 6.45) is 4.28. The van der Waals surface area contributed by atoms with Crippen LogP contribution < -0.4 is 5.32 Å². The molecule has 5 heteroatoms. The van der Waals surface area contributed by atoms with Crippen LogP contribution in [0.1, 0.15) is 30.1 Å². The van der Waals surface area contributed by atoms with Crippen LogP contribution >= 0.6 is 15.9 Å². The van der Waals surface area contributed by atoms with E-state index in [9.17, 15) is 9.18 Å². The van der Waals surface area contributed by atoms with Crippen molar-refractivity contribution in [1.82, 2.24) is 10.3 Å². The molecule has 0 bridgehead atoms. The minimum Gasteiger partial charge on any atom is -0.352 e. The van der Waals surface area contributed by atoms with Crippen LogP contribution in [0.25, 0.3) is 0 Å². The van der Waals surface area contributed by atoms with Gasteiger partial charge in [-0.1, -0.05) is 22.9 Å². The highest BCUT2D eigenvalue weighted by molar-refractivity contribution is 9.09. The van der Waals surface area contributed by atoms with Gasteiger partial charge in [-0.25, -0.2) is 4.39 Å². The van der Waals surface area contributed by atoms with Crippen molar-refractivity contribution in [2.45, 2.75) is 24.6 Å². The van der Waals surface area contributed by atoms with Gasteiger partial charge < -0.3 is 5.32 Å². The predicted molar refractivity (Wildman–Crippen MR) is 64.2 cm³/mol. The highest BCUT2D eigenvalue weighted by Gasteiger charge is 2.10. The zero-order chi connectivity index (χ0) is 12.0. The summed E-state index contributed by atoms with van der Waals surface area (Å²) in [5.41, 5.74) is 0.0434. The van der Waals surface area contributed by atoms with Gasteiger partial charge in [0.1, 0.15) is 0 Å². The monoisotopic (exact) mass is 288 g/mol. The number of nitrogens with one attached hydrogen (secondary N) is 1. The Balaban J connectivity index is 2.39. The molecule has 0 saturated heterocycles. The predicted octanol–water partition coefficient (Wildman–Crippen LogP) is 2.51. The number of amides is 1. The number of halogens is 2. The number of carbonyl (C=O) groups excluding carboxylic acids is 1. The molecule has 1 rings (SSSR count). The number of pyridine rings is 1. The van der Waals surface area contributed by atoms with Gasteiger partial charge in [0.2, 0.25) is 0 Å². The standard InChI is InChI=1S/C11H14BrFN2O/c1-8(12)3-2-5-15-11(16)9-4-6-14-7-10(9)13/h4,6-8H,2-3,5H2,1H3,(H,15,16). The topological polar surface area (TPSA) is 42.0 Å². The lowest BCUT2D eigenvalue weighted by molar-refractivity contribution is 0.0949. The van der Waals surface area contributed by atoms with Gasteiger partial charge in [-0.15, -0.1) is 0 Å². The average Bonchev–Trinajstić information content (AvgIpc) is 2.24. The van der Waals surface area contributed by atoms with Crippen LogP contribution in [0.15, 0.2) is 18.5 Å². The van der Waals surface area contributed by atoms with Gasteiger partial charge in [-0.05, 0) is 18.9 Å². The van der Waals surface area contributed by atoms with E-state index in [1.165, 1.54) is 12.3 Å². The van der Waals surface area contributed by atoms with Crippen molar-refractivity contribution < 1.29 is 9.18 Å². The minimum atomic E-state index is -0.589. The Kier molecular flexibility index (Phi) is 5.38. The van der Waals surface area contributed by atoms with Crippen LogP contribution in [0.5, 0.6) is 0 Å². The second-order valence-electron chi connectivity index (χ2n) is 3.53. The van der Waals surface area contributed by atoms with Crippen molar-refractivity contribution in [2.75, 3.05) is 6.54 Å². The van der Waals surface area contributed by atoms with Crippen LogP contribution in [0.2, 0.25) is 0 Å². The lowest BCUT2D eigenvalue weighted by atomic mass is 10.2. The van der Waals surface area contributed by atoms with Crippen LogP contribution in [-0.4, -0.2) is 22.3 Å². The lowest BCUT2D eigenvalue weighted by Crippen LogP contribution is -2.25. The van der Waals surface area contributed by atoms with Crippen LogP contribution in [0.4, 0.5) is 4.39 Å². The molecule has 16 heavy (non-hydrogen) atoms. The number of hydrogen-bond donors (Lipinski definition) is 1. The molecule has 1 N–H and O–H groups in total. The molecule has 0 spiro atoms. The number of aromatic nitrogens is 1. The highest BCUT2D eigenvalue weighted by Crippen LogP contribution is 2.06. The Morgan fingerprint density at radius 1 is 1.69 bits per heavy atom. The molecular weight excluding hydrogens is 275 g/mol. The molecule has 3 nitrogen and oxygen atoms in total. The lowest BCUT2D eigenvalue weighted by Gasteiger charge is -2.06. The summed E-state index contributed by atoms with van der Waals surface area (Å²) in [7, 11) is 0. The van der Waals surface area contributed by atoms with E-state index >= 15 is 0 Å². The maximum absolute atomic E-state index is 13.1. The molecule has 0 aliphatic carbocycles. The van der Waals surface area contributed by atoms with Gasteiger partial charge in [0.25, 0.3) is 5.91 Å². The minimum absolute atomic E-state index is 0.0434. The zero-order valence-corrected chi connectivity index (χ0v) is 10.6. The molecule has 0 aliphatic rings. The maximum Gasteiger partial charge on any atom is 0.254 e. The van der Waals surface area contributed by atoms with Gasteiger partial charge in [0.05, 0.1) is 11.8 Å². The number of alkyl halides is 1. The molecule has 1 amide bonds. The fourth-order valence-corrected chi connectivity index (χ4v) is 1.56. The second kappa shape index (κ2) is 6.58. The molecule has 1 unspecified atom stereocenters. The number of carbonyl (C=O) groups is 1. The van der Waals surface area contributed by atoms with E-state index in [1.54, 1.807) is 0 Å². The summed E-state index contributed by atoms with van der Waals surface area (Å²) in [6, 6.07) is 1.37. The molecule has 0 fully saturated rings. The molecule has 1 atom stereocenters. The molecule has 1 aromatic heterocycles. The molecular formula is C11H14BrFN2O. The van der Waals surface area contributed by atoms with E-state index in [-0.39, 0.29) is 11.5 Å². The van der Waals surface area contributed by atoms with E-state index in [4.69, 9.17) is 0 Å². The summed E-state index contributed by atoms with van der Waals surface area (Å²) >= 11 is 3.42. The van der Waals surface area contributed by atoms with Gasteiger partial charge in [-0.2, -0.15) is 0 Å². The number of nitrogens with zero attached hydrogens (tertiary/aromatic N) is 1. The molecule has 0 radical (unpaired) electrons. The van der Waals surface area contributed by atoms with Crippen LogP contribution in [0, 0.1) is 5.82 Å². The van der Waals surface area contributed by atoms with E-state index in [0.717, 1.165) is 19.0 Å². The van der Waals surface area contributed by atoms with Crippen molar-refractivity contribution in [1.29, 1.82) is 0 Å². The van der Waals surface area contributed by atoms with E-state index < -0.39 is 5.82 Å². The third-order valence-corrected chi connectivity index (χ3v) is 2.54. The molecule has 0 aliphatic heterocycles. The fourth-order valence-electron chi connectivity index (χ4n) is 1.24. The second-order valence-corrected chi connectivity index (χ2v) is 5.10. The zero-order valence-electron chi connectivity index (χ0n) is 9.04. The van der Waals surface area contributed by atoms with Crippen molar-refractivity contribution in [3.8, 4) is 0 Å². The first-order chi connectivity index (χ1) is 7.61. The van der Waals surface area contributed by atoms with Gasteiger partial charge in [0.15, 0.2) is 5.82 Å². The Hall–Kier alpha value is -0.970. The summed E-state index contributed by atoms with van der Waals surface area (Å²) < 4.78 is 13.1. The first-order valence-electron chi connectivity index (χ1n) is 5.13. The summed E-state index contributed by atoms with van der Waals surface area (Å²) in [5, 5.41) is 2.67. The van der Waals surface area contributed by atoms with Crippen LogP contribution in [0.3, 0.4) is 0 Å². The molecule has 1 aromatic rings. The van der Waals surface area contributed by atoms with E-state index in [1.807, 2.05) is 6.92 Å². The maximum atomic E-state index is 13.1. The quantitative estimate of drug-likeness (QED) is 0.668. The first kappa shape index (κ1) is 13.1. The molecule has 1 heterocycles. The normalized spacial score (nSPS) is 12.2. The average molecular weight is 289 g/mol. The van der Waals surface area contributed by atoms with E-state index in [0.29, 0.717) is 11.4 Å². The summed E-state index contributed by atoms with van der Waals surface area (Å²) in [5.74, 6) is -0.976. The molecule has 0 aromatic carbocycles. The largest absolute Gasteiger partial charge is 0.352 e. The van der Waals surface area contributed by atoms with Crippen LogP contribution in [-0.2, 0) is 0 Å². The summed E-state index contributed by atoms with van der Waals surface area (Å²) in [4.78, 5) is 15.5. The Morgan fingerprint density at radius 2 is 2.44 bits per heavy atom. The van der Waals surface area contributed by atoms with Crippen molar-refractivity contribution in [3.63, 3.8) is 0 Å². The molecule has 88 valence electrons. The van der Waals surface area contributed by atoms with Crippen molar-refractivity contribution >= 4 is 21.8 Å². The Bertz CT molecular complexity index is 358. The van der Waals surface area contributed by atoms with Gasteiger partial charge in [-0.3, -0.25) is 9.78 Å². The summed E-state index contributed by atoms with van der Waals surface area (Å²) in [6.45, 7) is 2.60. The first-order valence-corrected chi connectivity index (χ1v) is 6.04. The Morgan fingerprint density at radius 3 is 3.06 bits per heavy atom. The number of hydrogen-bond acceptors (Lipinski definition) is 2. The third kappa shape index (κ3) is 4.26. The van der Waals surface area contributed by atoms with Gasteiger partial charge in [0, 0.05) is 17.6 Å².